The molecule has 3 aromatic rings. The van der Waals surface area contributed by atoms with Crippen molar-refractivity contribution in [3.63, 3.8) is 0 Å². The molecule has 0 radical (unpaired) electrons. The van der Waals surface area contributed by atoms with Gasteiger partial charge in [0.15, 0.2) is 5.16 Å². The quantitative estimate of drug-likeness (QED) is 0.487. The van der Waals surface area contributed by atoms with Crippen LogP contribution in [0.5, 0.6) is 0 Å². The Morgan fingerprint density at radius 3 is 2.21 bits per heavy atom. The van der Waals surface area contributed by atoms with Crippen LogP contribution in [0.4, 0.5) is 11.4 Å². The molecular weight excluding hydrogens is 374 g/mol. The lowest BCUT2D eigenvalue weighted by Crippen LogP contribution is -2.33. The van der Waals surface area contributed by atoms with Crippen molar-refractivity contribution in [3.8, 4) is 0 Å². The number of benzene rings is 2. The third-order valence-corrected chi connectivity index (χ3v) is 4.92. The Balaban J connectivity index is 1.88. The van der Waals surface area contributed by atoms with Crippen LogP contribution in [0, 0.1) is 0 Å². The Morgan fingerprint density at radius 2 is 1.68 bits per heavy atom. The number of hydrogen-bond acceptors (Lipinski definition) is 5. The number of carbonyl (C=O) groups excluding carboxylic acids is 1. The number of para-hydroxylation sites is 2. The van der Waals surface area contributed by atoms with Crippen molar-refractivity contribution in [2.24, 2.45) is 0 Å². The molecule has 0 aliphatic rings. The fraction of sp³-hybridized carbons (Fsp3) is 0.190. The van der Waals surface area contributed by atoms with Crippen molar-refractivity contribution < 1.29 is 9.53 Å². The van der Waals surface area contributed by atoms with E-state index in [-0.39, 0.29) is 18.1 Å². The van der Waals surface area contributed by atoms with Gasteiger partial charge in [-0.3, -0.25) is 14.5 Å². The number of amides is 1. The topological polar surface area (TPSA) is 75.3 Å². The van der Waals surface area contributed by atoms with Gasteiger partial charge in [-0.2, -0.15) is 0 Å². The number of ether oxygens (including phenoxy) is 1. The van der Waals surface area contributed by atoms with Gasteiger partial charge in [0, 0.05) is 24.6 Å². The number of nitrogens with zero attached hydrogens (tertiary/aromatic N) is 2. The summed E-state index contributed by atoms with van der Waals surface area (Å²) in [5, 5.41) is -0.0807. The molecule has 144 valence electrons. The van der Waals surface area contributed by atoms with Gasteiger partial charge >= 0.3 is 0 Å². The summed E-state index contributed by atoms with van der Waals surface area (Å²) < 4.78 is 5.04. The largest absolute Gasteiger partial charge is 0.378 e. The van der Waals surface area contributed by atoms with E-state index >= 15 is 0 Å². The average Bonchev–Trinajstić information content (AvgIpc) is 2.69. The maximum atomic E-state index is 13.3. The van der Waals surface area contributed by atoms with Gasteiger partial charge in [-0.05, 0) is 31.2 Å². The zero-order valence-electron chi connectivity index (χ0n) is 15.7. The van der Waals surface area contributed by atoms with E-state index < -0.39 is 5.25 Å². The highest BCUT2D eigenvalue weighted by Crippen LogP contribution is 2.29. The predicted molar refractivity (Wildman–Crippen MR) is 111 cm³/mol. The van der Waals surface area contributed by atoms with Crippen LogP contribution >= 0.6 is 11.8 Å². The number of anilines is 2. The summed E-state index contributed by atoms with van der Waals surface area (Å²) in [6.07, 6.45) is 0. The maximum absolute atomic E-state index is 13.3. The van der Waals surface area contributed by atoms with E-state index in [2.05, 4.69) is 9.97 Å². The summed E-state index contributed by atoms with van der Waals surface area (Å²) in [6.45, 7) is 2.04. The fourth-order valence-electron chi connectivity index (χ4n) is 2.72. The minimum absolute atomic E-state index is 0.109. The van der Waals surface area contributed by atoms with Crippen LogP contribution in [-0.2, 0) is 16.1 Å². The smallest absolute Gasteiger partial charge is 0.251 e. The molecule has 6 nitrogen and oxygen atoms in total. The van der Waals surface area contributed by atoms with Crippen molar-refractivity contribution in [1.82, 2.24) is 9.97 Å². The number of H-pyrrole nitrogens is 1. The minimum Gasteiger partial charge on any atom is -0.378 e. The molecule has 1 heterocycles. The Hall–Kier alpha value is -2.90. The number of hydrogen-bond donors (Lipinski definition) is 1. The van der Waals surface area contributed by atoms with Gasteiger partial charge in [0.05, 0.1) is 17.6 Å². The third-order valence-electron chi connectivity index (χ3n) is 3.95. The Kier molecular flexibility index (Phi) is 6.62. The van der Waals surface area contributed by atoms with Crippen molar-refractivity contribution in [3.05, 3.63) is 82.8 Å². The molecule has 0 aliphatic carbocycles. The molecule has 3 rings (SSSR count). The summed E-state index contributed by atoms with van der Waals surface area (Å²) in [5.41, 5.74) is 1.81. The molecule has 0 aliphatic heterocycles. The summed E-state index contributed by atoms with van der Waals surface area (Å²) in [5.74, 6) is -0.109. The van der Waals surface area contributed by atoms with Crippen LogP contribution in [0.15, 0.2) is 76.7 Å². The van der Waals surface area contributed by atoms with Gasteiger partial charge in [0.1, 0.15) is 0 Å². The Morgan fingerprint density at radius 1 is 1.11 bits per heavy atom. The summed E-state index contributed by atoms with van der Waals surface area (Å²) in [6, 6.07) is 20.3. The van der Waals surface area contributed by atoms with Crippen molar-refractivity contribution in [2.75, 3.05) is 12.0 Å². The zero-order chi connectivity index (χ0) is 19.9. The average molecular weight is 395 g/mol. The second kappa shape index (κ2) is 9.34. The van der Waals surface area contributed by atoms with E-state index in [0.29, 0.717) is 10.9 Å². The van der Waals surface area contributed by atoms with Gasteiger partial charge in [-0.15, -0.1) is 0 Å². The lowest BCUT2D eigenvalue weighted by Gasteiger charge is -2.25. The first kappa shape index (κ1) is 19.9. The first-order valence-electron chi connectivity index (χ1n) is 8.78. The second-order valence-electron chi connectivity index (χ2n) is 6.08. The normalized spacial score (nSPS) is 11.8. The molecule has 1 amide bonds. The highest BCUT2D eigenvalue weighted by molar-refractivity contribution is 8.00. The highest BCUT2D eigenvalue weighted by atomic mass is 32.2. The standard InChI is InChI=1S/C21H21N3O3S/c1-15(28-21-22-16(14-27-2)13-19(25)23-21)20(26)24(17-9-5-3-6-10-17)18-11-7-4-8-12-18/h3-13,15H,14H2,1-2H3,(H,22,23,25). The Bertz CT molecular complexity index is 937. The van der Waals surface area contributed by atoms with E-state index in [1.165, 1.54) is 17.8 Å². The van der Waals surface area contributed by atoms with Gasteiger partial charge in [0.2, 0.25) is 5.91 Å². The van der Waals surface area contributed by atoms with Crippen LogP contribution < -0.4 is 10.5 Å². The lowest BCUT2D eigenvalue weighted by molar-refractivity contribution is -0.117. The van der Waals surface area contributed by atoms with Crippen LogP contribution in [0.3, 0.4) is 0 Å². The van der Waals surface area contributed by atoms with Gasteiger partial charge in [0.25, 0.3) is 5.56 Å². The number of aromatic nitrogens is 2. The predicted octanol–water partition coefficient (Wildman–Crippen LogP) is 3.76. The minimum atomic E-state index is -0.471. The maximum Gasteiger partial charge on any atom is 0.251 e. The third kappa shape index (κ3) is 4.88. The number of carbonyl (C=O) groups is 1. The summed E-state index contributed by atoms with van der Waals surface area (Å²) in [4.78, 5) is 33.9. The second-order valence-corrected chi connectivity index (χ2v) is 7.41. The number of nitrogens with one attached hydrogen (secondary N) is 1. The molecule has 2 aromatic carbocycles. The van der Waals surface area contributed by atoms with Gasteiger partial charge in [-0.25, -0.2) is 4.98 Å². The molecule has 1 unspecified atom stereocenters. The van der Waals surface area contributed by atoms with E-state index in [0.717, 1.165) is 11.4 Å². The molecule has 28 heavy (non-hydrogen) atoms. The number of aromatic amines is 1. The summed E-state index contributed by atoms with van der Waals surface area (Å²) >= 11 is 1.21. The lowest BCUT2D eigenvalue weighted by atomic mass is 10.2. The van der Waals surface area contributed by atoms with E-state index in [9.17, 15) is 9.59 Å². The van der Waals surface area contributed by atoms with Crippen LogP contribution in [-0.4, -0.2) is 28.2 Å². The van der Waals surface area contributed by atoms with Crippen LogP contribution in [0.2, 0.25) is 0 Å². The summed E-state index contributed by atoms with van der Waals surface area (Å²) in [7, 11) is 1.54. The molecule has 0 fully saturated rings. The van der Waals surface area contributed by atoms with Crippen LogP contribution in [0.1, 0.15) is 12.6 Å². The van der Waals surface area contributed by atoms with Gasteiger partial charge < -0.3 is 9.72 Å². The molecule has 0 bridgehead atoms. The highest BCUT2D eigenvalue weighted by Gasteiger charge is 2.25. The molecule has 7 heteroatoms. The Labute approximate surface area is 167 Å². The van der Waals surface area contributed by atoms with E-state index in [4.69, 9.17) is 4.74 Å². The van der Waals surface area contributed by atoms with Crippen molar-refractivity contribution in [1.29, 1.82) is 0 Å². The van der Waals surface area contributed by atoms with Crippen LogP contribution in [0.25, 0.3) is 0 Å². The van der Waals surface area contributed by atoms with E-state index in [1.54, 1.807) is 18.9 Å². The van der Waals surface area contributed by atoms with Crippen molar-refractivity contribution in [2.45, 2.75) is 23.9 Å². The molecule has 0 saturated heterocycles. The monoisotopic (exact) mass is 395 g/mol. The molecule has 1 atom stereocenters. The van der Waals surface area contributed by atoms with Gasteiger partial charge in [-0.1, -0.05) is 48.2 Å². The first-order valence-corrected chi connectivity index (χ1v) is 9.66. The zero-order valence-corrected chi connectivity index (χ0v) is 16.5. The van der Waals surface area contributed by atoms with Crippen molar-refractivity contribution >= 4 is 29.0 Å². The number of thioether (sulfide) groups is 1. The van der Waals surface area contributed by atoms with E-state index in [1.807, 2.05) is 60.7 Å². The fourth-order valence-corrected chi connectivity index (χ4v) is 3.59. The molecule has 0 saturated carbocycles. The first-order chi connectivity index (χ1) is 13.6. The number of methoxy groups -OCH3 is 1. The molecular formula is C21H21N3O3S. The number of rotatable bonds is 7. The molecule has 1 N–H and O–H groups in total. The SMILES string of the molecule is COCc1cc(=O)[nH]c(SC(C)C(=O)N(c2ccccc2)c2ccccc2)n1. The molecule has 0 spiro atoms. The molecule has 1 aromatic heterocycles.